The smallest absolute Gasteiger partial charge is 0.338 e. The minimum atomic E-state index is -0.879. The van der Waals surface area contributed by atoms with E-state index in [-0.39, 0.29) is 0 Å². The summed E-state index contributed by atoms with van der Waals surface area (Å²) >= 11 is 1.46. The topological polar surface area (TPSA) is 49.8 Å². The standard InChI is InChI=1S/C15H21NO3S/c1-16(8-9-19-10-11-6-7-11)12-4-3-5-13(20-2)14(12)15(17)18/h3-5,11H,6-10H2,1-2H3,(H,17,18). The molecule has 1 N–H and O–H groups in total. The lowest BCUT2D eigenvalue weighted by Crippen LogP contribution is -2.25. The van der Waals surface area contributed by atoms with Crippen LogP contribution in [0.4, 0.5) is 5.69 Å². The fourth-order valence-electron chi connectivity index (χ4n) is 2.08. The number of hydrogen-bond donors (Lipinski definition) is 1. The van der Waals surface area contributed by atoms with Crippen molar-refractivity contribution in [1.29, 1.82) is 0 Å². The van der Waals surface area contributed by atoms with Gasteiger partial charge < -0.3 is 14.7 Å². The molecule has 0 unspecified atom stereocenters. The molecule has 4 nitrogen and oxygen atoms in total. The van der Waals surface area contributed by atoms with Crippen molar-refractivity contribution in [2.45, 2.75) is 17.7 Å². The molecule has 0 bridgehead atoms. The van der Waals surface area contributed by atoms with E-state index in [0.29, 0.717) is 18.7 Å². The van der Waals surface area contributed by atoms with E-state index in [4.69, 9.17) is 4.74 Å². The van der Waals surface area contributed by atoms with Gasteiger partial charge in [0, 0.05) is 25.1 Å². The van der Waals surface area contributed by atoms with Crippen LogP contribution in [0.3, 0.4) is 0 Å². The molecule has 5 heteroatoms. The molecule has 0 amide bonds. The lowest BCUT2D eigenvalue weighted by Gasteiger charge is -2.22. The van der Waals surface area contributed by atoms with Gasteiger partial charge in [-0.1, -0.05) is 6.07 Å². The summed E-state index contributed by atoms with van der Waals surface area (Å²) in [6, 6.07) is 5.59. The van der Waals surface area contributed by atoms with Gasteiger partial charge in [-0.05, 0) is 37.1 Å². The van der Waals surface area contributed by atoms with Crippen molar-refractivity contribution in [3.05, 3.63) is 23.8 Å². The molecule has 1 fully saturated rings. The highest BCUT2D eigenvalue weighted by Gasteiger charge is 2.21. The van der Waals surface area contributed by atoms with Gasteiger partial charge in [-0.25, -0.2) is 4.79 Å². The Morgan fingerprint density at radius 1 is 1.50 bits per heavy atom. The van der Waals surface area contributed by atoms with E-state index in [1.165, 1.54) is 24.6 Å². The molecule has 2 rings (SSSR count). The molecule has 0 aromatic heterocycles. The summed E-state index contributed by atoms with van der Waals surface area (Å²) in [6.07, 6.45) is 4.47. The van der Waals surface area contributed by atoms with E-state index >= 15 is 0 Å². The third kappa shape index (κ3) is 3.90. The number of carbonyl (C=O) groups is 1. The van der Waals surface area contributed by atoms with Crippen molar-refractivity contribution < 1.29 is 14.6 Å². The number of likely N-dealkylation sites (N-methyl/N-ethyl adjacent to an activating group) is 1. The van der Waals surface area contributed by atoms with Crippen molar-refractivity contribution in [1.82, 2.24) is 0 Å². The molecule has 0 radical (unpaired) electrons. The summed E-state index contributed by atoms with van der Waals surface area (Å²) in [5.41, 5.74) is 1.13. The van der Waals surface area contributed by atoms with E-state index in [1.807, 2.05) is 36.4 Å². The number of benzene rings is 1. The van der Waals surface area contributed by atoms with Crippen LogP contribution in [0.2, 0.25) is 0 Å². The number of aromatic carboxylic acids is 1. The molecule has 0 aliphatic heterocycles. The Hall–Kier alpha value is -1.20. The second kappa shape index (κ2) is 6.99. The first-order chi connectivity index (χ1) is 9.63. The van der Waals surface area contributed by atoms with Crippen LogP contribution in [0.15, 0.2) is 23.1 Å². The summed E-state index contributed by atoms with van der Waals surface area (Å²) in [7, 11) is 1.91. The van der Waals surface area contributed by atoms with Gasteiger partial charge in [-0.15, -0.1) is 11.8 Å². The fraction of sp³-hybridized carbons (Fsp3) is 0.533. The van der Waals surface area contributed by atoms with Crippen molar-refractivity contribution in [2.75, 3.05) is 38.0 Å². The molecule has 1 aromatic carbocycles. The molecule has 1 saturated carbocycles. The van der Waals surface area contributed by atoms with Crippen LogP contribution in [0.1, 0.15) is 23.2 Å². The molecule has 20 heavy (non-hydrogen) atoms. The Balaban J connectivity index is 1.99. The summed E-state index contributed by atoms with van der Waals surface area (Å²) in [6.45, 7) is 2.17. The number of nitrogens with zero attached hydrogens (tertiary/aromatic N) is 1. The first-order valence-corrected chi connectivity index (χ1v) is 8.05. The average Bonchev–Trinajstić information content (AvgIpc) is 3.26. The number of hydrogen-bond acceptors (Lipinski definition) is 4. The number of carboxylic acids is 1. The minimum absolute atomic E-state index is 0.379. The SMILES string of the molecule is CSc1cccc(N(C)CCOCC2CC2)c1C(=O)O. The largest absolute Gasteiger partial charge is 0.478 e. The van der Waals surface area contributed by atoms with Gasteiger partial charge in [0.15, 0.2) is 0 Å². The van der Waals surface area contributed by atoms with Crippen LogP contribution < -0.4 is 4.90 Å². The van der Waals surface area contributed by atoms with Crippen molar-refractivity contribution >= 4 is 23.4 Å². The quantitative estimate of drug-likeness (QED) is 0.590. The van der Waals surface area contributed by atoms with Crippen molar-refractivity contribution in [3.8, 4) is 0 Å². The first-order valence-electron chi connectivity index (χ1n) is 6.82. The normalized spacial score (nSPS) is 14.3. The van der Waals surface area contributed by atoms with Gasteiger partial charge in [0.2, 0.25) is 0 Å². The molecule has 0 spiro atoms. The molecule has 1 aromatic rings. The highest BCUT2D eigenvalue weighted by molar-refractivity contribution is 7.98. The molecule has 0 saturated heterocycles. The van der Waals surface area contributed by atoms with Crippen molar-refractivity contribution in [3.63, 3.8) is 0 Å². The molecule has 0 atom stereocenters. The Labute approximate surface area is 124 Å². The molecule has 1 aliphatic carbocycles. The number of anilines is 1. The molecule has 1 aliphatic rings. The van der Waals surface area contributed by atoms with E-state index in [2.05, 4.69) is 0 Å². The lowest BCUT2D eigenvalue weighted by molar-refractivity contribution is 0.0693. The minimum Gasteiger partial charge on any atom is -0.478 e. The van der Waals surface area contributed by atoms with Gasteiger partial charge >= 0.3 is 5.97 Å². The highest BCUT2D eigenvalue weighted by Crippen LogP contribution is 2.30. The van der Waals surface area contributed by atoms with E-state index in [1.54, 1.807) is 0 Å². The predicted molar refractivity (Wildman–Crippen MR) is 82.0 cm³/mol. The lowest BCUT2D eigenvalue weighted by atomic mass is 10.1. The van der Waals surface area contributed by atoms with Crippen LogP contribution in [0.25, 0.3) is 0 Å². The van der Waals surface area contributed by atoms with Crippen LogP contribution >= 0.6 is 11.8 Å². The van der Waals surface area contributed by atoms with E-state index < -0.39 is 5.97 Å². The number of ether oxygens (including phenoxy) is 1. The monoisotopic (exact) mass is 295 g/mol. The zero-order chi connectivity index (χ0) is 14.5. The number of carboxylic acid groups (broad SMARTS) is 1. The van der Waals surface area contributed by atoms with Crippen LogP contribution in [0.5, 0.6) is 0 Å². The molecule has 0 heterocycles. The Kier molecular flexibility index (Phi) is 5.31. The van der Waals surface area contributed by atoms with Gasteiger partial charge in [-0.2, -0.15) is 0 Å². The maximum atomic E-state index is 11.5. The maximum absolute atomic E-state index is 11.5. The summed E-state index contributed by atoms with van der Waals surface area (Å²) < 4.78 is 5.61. The maximum Gasteiger partial charge on any atom is 0.338 e. The van der Waals surface area contributed by atoms with Gasteiger partial charge in [0.05, 0.1) is 17.9 Å². The molecular formula is C15H21NO3S. The second-order valence-corrected chi connectivity index (χ2v) is 5.95. The summed E-state index contributed by atoms with van der Waals surface area (Å²) in [4.78, 5) is 14.2. The Morgan fingerprint density at radius 2 is 2.25 bits per heavy atom. The number of thioether (sulfide) groups is 1. The second-order valence-electron chi connectivity index (χ2n) is 5.10. The Morgan fingerprint density at radius 3 is 2.85 bits per heavy atom. The first kappa shape index (κ1) is 15.2. The van der Waals surface area contributed by atoms with Gasteiger partial charge in [0.25, 0.3) is 0 Å². The molecular weight excluding hydrogens is 274 g/mol. The van der Waals surface area contributed by atoms with Crippen LogP contribution in [-0.4, -0.2) is 44.1 Å². The zero-order valence-corrected chi connectivity index (χ0v) is 12.8. The van der Waals surface area contributed by atoms with E-state index in [0.717, 1.165) is 23.1 Å². The van der Waals surface area contributed by atoms with Crippen molar-refractivity contribution in [2.24, 2.45) is 5.92 Å². The average molecular weight is 295 g/mol. The zero-order valence-electron chi connectivity index (χ0n) is 12.0. The highest BCUT2D eigenvalue weighted by atomic mass is 32.2. The van der Waals surface area contributed by atoms with Crippen LogP contribution in [-0.2, 0) is 4.74 Å². The number of rotatable bonds is 8. The third-order valence-corrected chi connectivity index (χ3v) is 4.25. The van der Waals surface area contributed by atoms with Gasteiger partial charge in [-0.3, -0.25) is 0 Å². The van der Waals surface area contributed by atoms with E-state index in [9.17, 15) is 9.90 Å². The summed E-state index contributed by atoms with van der Waals surface area (Å²) in [5, 5.41) is 9.41. The van der Waals surface area contributed by atoms with Gasteiger partial charge in [0.1, 0.15) is 0 Å². The predicted octanol–water partition coefficient (Wildman–Crippen LogP) is 2.97. The fourth-order valence-corrected chi connectivity index (χ4v) is 2.69. The van der Waals surface area contributed by atoms with Crippen LogP contribution in [0, 0.1) is 5.92 Å². The summed E-state index contributed by atoms with van der Waals surface area (Å²) in [5.74, 6) is -0.120. The Bertz CT molecular complexity index is 474. The third-order valence-electron chi connectivity index (χ3n) is 3.47. The molecule has 110 valence electrons.